The molecular weight excluding hydrogens is 364 g/mol. The number of nitrogens with zero attached hydrogens (tertiary/aromatic N) is 2. The van der Waals surface area contributed by atoms with Crippen molar-refractivity contribution >= 4 is 29.1 Å². The maximum absolute atomic E-state index is 12.3. The Morgan fingerprint density at radius 3 is 2.22 bits per heavy atom. The first-order valence-corrected chi connectivity index (χ1v) is 9.09. The third kappa shape index (κ3) is 3.24. The molecule has 0 fully saturated rings. The maximum Gasteiger partial charge on any atom is 0.331 e. The lowest BCUT2D eigenvalue weighted by Gasteiger charge is -2.13. The molecule has 3 aromatic rings. The van der Waals surface area contributed by atoms with Crippen molar-refractivity contribution in [3.8, 4) is 16.3 Å². The Morgan fingerprint density at radius 2 is 1.67 bits per heavy atom. The molecule has 0 bridgehead atoms. The number of thiazole rings is 1. The minimum absolute atomic E-state index is 0.304. The van der Waals surface area contributed by atoms with E-state index in [4.69, 9.17) is 4.74 Å². The molecule has 0 atom stereocenters. The van der Waals surface area contributed by atoms with Gasteiger partial charge >= 0.3 is 5.97 Å². The van der Waals surface area contributed by atoms with Gasteiger partial charge in [-0.25, -0.2) is 9.78 Å². The van der Waals surface area contributed by atoms with Crippen molar-refractivity contribution < 1.29 is 19.1 Å². The van der Waals surface area contributed by atoms with Crippen LogP contribution in [-0.4, -0.2) is 34.2 Å². The van der Waals surface area contributed by atoms with Gasteiger partial charge in [-0.1, -0.05) is 12.1 Å². The van der Waals surface area contributed by atoms with Gasteiger partial charge in [-0.2, -0.15) is 0 Å². The van der Waals surface area contributed by atoms with Crippen molar-refractivity contribution in [2.75, 3.05) is 6.54 Å². The SMILES string of the molecule is Cc1csc(-c2ccc(OC(=O)CN3C(=O)c4ccccc4C3=O)cc2)n1. The summed E-state index contributed by atoms with van der Waals surface area (Å²) in [5.74, 6) is -1.31. The van der Waals surface area contributed by atoms with Crippen LogP contribution in [0.15, 0.2) is 53.9 Å². The maximum atomic E-state index is 12.3. The van der Waals surface area contributed by atoms with E-state index in [2.05, 4.69) is 4.98 Å². The predicted octanol–water partition coefficient (Wildman–Crippen LogP) is 3.32. The fraction of sp³-hybridized carbons (Fsp3) is 0.100. The van der Waals surface area contributed by atoms with E-state index in [1.807, 2.05) is 24.4 Å². The topological polar surface area (TPSA) is 76.6 Å². The van der Waals surface area contributed by atoms with Gasteiger partial charge in [0.05, 0.1) is 11.1 Å². The summed E-state index contributed by atoms with van der Waals surface area (Å²) < 4.78 is 5.27. The summed E-state index contributed by atoms with van der Waals surface area (Å²) in [5, 5.41) is 2.85. The molecule has 134 valence electrons. The van der Waals surface area contributed by atoms with Gasteiger partial charge in [0.2, 0.25) is 0 Å². The van der Waals surface area contributed by atoms with Crippen LogP contribution in [0.25, 0.3) is 10.6 Å². The number of carbonyl (C=O) groups excluding carboxylic acids is 3. The van der Waals surface area contributed by atoms with Crippen LogP contribution in [0.3, 0.4) is 0 Å². The molecule has 0 radical (unpaired) electrons. The number of imide groups is 1. The quantitative estimate of drug-likeness (QED) is 0.395. The highest BCUT2D eigenvalue weighted by atomic mass is 32.1. The zero-order valence-electron chi connectivity index (χ0n) is 14.3. The molecule has 4 rings (SSSR count). The summed E-state index contributed by atoms with van der Waals surface area (Å²) in [5.41, 5.74) is 2.48. The summed E-state index contributed by atoms with van der Waals surface area (Å²) in [4.78, 5) is 42.1. The second-order valence-electron chi connectivity index (χ2n) is 6.03. The number of aromatic nitrogens is 1. The first kappa shape index (κ1) is 17.1. The Bertz CT molecular complexity index is 1020. The summed E-state index contributed by atoms with van der Waals surface area (Å²) >= 11 is 1.54. The number of carbonyl (C=O) groups is 3. The molecule has 1 aromatic heterocycles. The molecule has 1 aliphatic rings. The van der Waals surface area contributed by atoms with Crippen molar-refractivity contribution in [3.05, 3.63) is 70.7 Å². The normalized spacial score (nSPS) is 13.0. The largest absolute Gasteiger partial charge is 0.425 e. The molecule has 0 saturated carbocycles. The zero-order chi connectivity index (χ0) is 19.0. The Morgan fingerprint density at radius 1 is 1.04 bits per heavy atom. The summed E-state index contributed by atoms with van der Waals surface area (Å²) in [6, 6.07) is 13.4. The van der Waals surface area contributed by atoms with Gasteiger partial charge in [-0.05, 0) is 43.3 Å². The minimum Gasteiger partial charge on any atom is -0.425 e. The lowest BCUT2D eigenvalue weighted by atomic mass is 10.1. The van der Waals surface area contributed by atoms with Gasteiger partial charge in [-0.15, -0.1) is 11.3 Å². The molecule has 27 heavy (non-hydrogen) atoms. The van der Waals surface area contributed by atoms with E-state index in [0.717, 1.165) is 21.2 Å². The van der Waals surface area contributed by atoms with E-state index in [-0.39, 0.29) is 0 Å². The van der Waals surface area contributed by atoms with Crippen LogP contribution in [0.2, 0.25) is 0 Å². The summed E-state index contributed by atoms with van der Waals surface area (Å²) in [7, 11) is 0. The number of benzene rings is 2. The molecule has 0 unspecified atom stereocenters. The van der Waals surface area contributed by atoms with Gasteiger partial charge in [0.15, 0.2) is 0 Å². The molecular formula is C20H14N2O4S. The average Bonchev–Trinajstić information content (AvgIpc) is 3.20. The van der Waals surface area contributed by atoms with E-state index in [1.54, 1.807) is 36.4 Å². The second kappa shape index (κ2) is 6.77. The highest BCUT2D eigenvalue weighted by Gasteiger charge is 2.36. The van der Waals surface area contributed by atoms with Gasteiger partial charge in [0.1, 0.15) is 17.3 Å². The fourth-order valence-corrected chi connectivity index (χ4v) is 3.63. The monoisotopic (exact) mass is 378 g/mol. The highest BCUT2D eigenvalue weighted by Crippen LogP contribution is 2.26. The molecule has 0 spiro atoms. The van der Waals surface area contributed by atoms with Crippen molar-refractivity contribution in [3.63, 3.8) is 0 Å². The predicted molar refractivity (Wildman–Crippen MR) is 99.7 cm³/mol. The molecule has 0 aliphatic carbocycles. The van der Waals surface area contributed by atoms with Gasteiger partial charge in [0.25, 0.3) is 11.8 Å². The third-order valence-electron chi connectivity index (χ3n) is 4.12. The zero-order valence-corrected chi connectivity index (χ0v) is 15.2. The molecule has 7 heteroatoms. The Hall–Kier alpha value is -3.32. The van der Waals surface area contributed by atoms with Gasteiger partial charge in [-0.3, -0.25) is 14.5 Å². The number of ether oxygens (including phenoxy) is 1. The van der Waals surface area contributed by atoms with Gasteiger partial charge in [0, 0.05) is 16.6 Å². The second-order valence-corrected chi connectivity index (χ2v) is 6.89. The molecule has 1 aliphatic heterocycles. The number of rotatable bonds is 4. The third-order valence-corrected chi connectivity index (χ3v) is 5.13. The number of esters is 1. The highest BCUT2D eigenvalue weighted by molar-refractivity contribution is 7.13. The van der Waals surface area contributed by atoms with E-state index in [0.29, 0.717) is 16.9 Å². The number of hydrogen-bond acceptors (Lipinski definition) is 6. The first-order valence-electron chi connectivity index (χ1n) is 8.21. The van der Waals surface area contributed by atoms with Crippen LogP contribution in [0.1, 0.15) is 26.4 Å². The van der Waals surface area contributed by atoms with Crippen molar-refractivity contribution in [2.24, 2.45) is 0 Å². The van der Waals surface area contributed by atoms with Crippen LogP contribution < -0.4 is 4.74 Å². The van der Waals surface area contributed by atoms with Gasteiger partial charge < -0.3 is 4.74 Å². The van der Waals surface area contributed by atoms with Crippen LogP contribution >= 0.6 is 11.3 Å². The molecule has 6 nitrogen and oxygen atoms in total. The Labute approximate surface area is 159 Å². The van der Waals surface area contributed by atoms with Crippen LogP contribution in [0, 0.1) is 6.92 Å². The minimum atomic E-state index is -0.678. The first-order chi connectivity index (χ1) is 13.0. The van der Waals surface area contributed by atoms with Crippen LogP contribution in [-0.2, 0) is 4.79 Å². The number of hydrogen-bond donors (Lipinski definition) is 0. The Balaban J connectivity index is 1.43. The summed E-state index contributed by atoms with van der Waals surface area (Å²) in [6.45, 7) is 1.50. The average molecular weight is 378 g/mol. The van der Waals surface area contributed by atoms with E-state index in [1.165, 1.54) is 11.3 Å². The molecule has 2 heterocycles. The van der Waals surface area contributed by atoms with E-state index < -0.39 is 24.3 Å². The van der Waals surface area contributed by atoms with Crippen molar-refractivity contribution in [2.45, 2.75) is 6.92 Å². The molecule has 0 saturated heterocycles. The molecule has 0 N–H and O–H groups in total. The summed E-state index contributed by atoms with van der Waals surface area (Å²) in [6.07, 6.45) is 0. The molecule has 2 aromatic carbocycles. The molecule has 2 amide bonds. The number of aryl methyl sites for hydroxylation is 1. The van der Waals surface area contributed by atoms with E-state index >= 15 is 0 Å². The number of amides is 2. The van der Waals surface area contributed by atoms with Crippen LogP contribution in [0.5, 0.6) is 5.75 Å². The lowest BCUT2D eigenvalue weighted by molar-refractivity contribution is -0.134. The van der Waals surface area contributed by atoms with Crippen molar-refractivity contribution in [1.29, 1.82) is 0 Å². The lowest BCUT2D eigenvalue weighted by Crippen LogP contribution is -2.36. The Kier molecular flexibility index (Phi) is 4.29. The number of fused-ring (bicyclic) bond motifs is 1. The fourth-order valence-electron chi connectivity index (χ4n) is 2.83. The van der Waals surface area contributed by atoms with E-state index in [9.17, 15) is 14.4 Å². The smallest absolute Gasteiger partial charge is 0.331 e. The van der Waals surface area contributed by atoms with Crippen LogP contribution in [0.4, 0.5) is 0 Å². The van der Waals surface area contributed by atoms with Crippen molar-refractivity contribution in [1.82, 2.24) is 9.88 Å². The standard InChI is InChI=1S/C20H14N2O4S/c1-12-11-27-18(21-12)13-6-8-14(9-7-13)26-17(23)10-22-19(24)15-4-2-3-5-16(15)20(22)25/h2-9,11H,10H2,1H3.